The topological polar surface area (TPSA) is 42.4 Å². The zero-order valence-electron chi connectivity index (χ0n) is 9.44. The maximum Gasteiger partial charge on any atom is 0.260 e. The van der Waals surface area contributed by atoms with E-state index in [2.05, 4.69) is 4.98 Å². The van der Waals surface area contributed by atoms with Crippen molar-refractivity contribution in [3.63, 3.8) is 0 Å². The predicted molar refractivity (Wildman–Crippen MR) is 62.7 cm³/mol. The normalized spacial score (nSPS) is 9.94. The molecule has 16 heavy (non-hydrogen) atoms. The monoisotopic (exact) mass is 242 g/mol. The predicted octanol–water partition coefficient (Wildman–Crippen LogP) is 1.98. The van der Waals surface area contributed by atoms with Crippen LogP contribution in [0.15, 0.2) is 18.3 Å². The van der Waals surface area contributed by atoms with E-state index in [0.29, 0.717) is 18.8 Å². The molecule has 4 nitrogen and oxygen atoms in total. The molecule has 0 bridgehead atoms. The molecule has 0 unspecified atom stereocenters. The fraction of sp³-hybridized carbons (Fsp3) is 0.455. The maximum absolute atomic E-state index is 11.6. The summed E-state index contributed by atoms with van der Waals surface area (Å²) in [6, 6.07) is 3.40. The van der Waals surface area contributed by atoms with E-state index in [1.165, 1.54) is 0 Å². The van der Waals surface area contributed by atoms with E-state index in [1.54, 1.807) is 23.2 Å². The zero-order valence-corrected chi connectivity index (χ0v) is 10.2. The highest BCUT2D eigenvalue weighted by atomic mass is 35.5. The van der Waals surface area contributed by atoms with Crippen LogP contribution in [-0.4, -0.2) is 35.5 Å². The third kappa shape index (κ3) is 3.38. The lowest BCUT2D eigenvalue weighted by Gasteiger charge is -2.18. The van der Waals surface area contributed by atoms with Crippen LogP contribution in [0.4, 0.5) is 0 Å². The average molecular weight is 243 g/mol. The highest BCUT2D eigenvalue weighted by Gasteiger charge is 2.11. The molecule has 88 valence electrons. The van der Waals surface area contributed by atoms with Crippen molar-refractivity contribution in [3.8, 4) is 5.75 Å². The third-order valence-corrected chi connectivity index (χ3v) is 2.48. The fourth-order valence-electron chi connectivity index (χ4n) is 1.29. The smallest absolute Gasteiger partial charge is 0.260 e. The molecule has 0 aliphatic heterocycles. The third-order valence-electron chi connectivity index (χ3n) is 2.19. The van der Waals surface area contributed by atoms with E-state index in [0.717, 1.165) is 0 Å². The van der Waals surface area contributed by atoms with Gasteiger partial charge in [0.1, 0.15) is 0 Å². The van der Waals surface area contributed by atoms with Gasteiger partial charge in [-0.2, -0.15) is 0 Å². The van der Waals surface area contributed by atoms with Crippen LogP contribution in [-0.2, 0) is 4.79 Å². The molecule has 0 aromatic carbocycles. The van der Waals surface area contributed by atoms with Crippen molar-refractivity contribution >= 4 is 17.5 Å². The highest BCUT2D eigenvalue weighted by molar-refractivity contribution is 6.30. The standard InChI is InChI=1S/C11H15ClN2O2/c1-3-14(4-2)10(15)8-16-9-6-5-7-13-11(9)12/h5-7H,3-4,8H2,1-2H3. The molecule has 0 atom stereocenters. The van der Waals surface area contributed by atoms with Crippen LogP contribution in [0, 0.1) is 0 Å². The van der Waals surface area contributed by atoms with Crippen molar-refractivity contribution in [2.24, 2.45) is 0 Å². The molecule has 0 aliphatic carbocycles. The molecule has 1 amide bonds. The molecule has 1 rings (SSSR count). The van der Waals surface area contributed by atoms with Gasteiger partial charge < -0.3 is 9.64 Å². The number of hydrogen-bond donors (Lipinski definition) is 0. The summed E-state index contributed by atoms with van der Waals surface area (Å²) in [5, 5.41) is 0.273. The first kappa shape index (κ1) is 12.8. The van der Waals surface area contributed by atoms with E-state index in [-0.39, 0.29) is 17.7 Å². The van der Waals surface area contributed by atoms with Gasteiger partial charge in [-0.3, -0.25) is 4.79 Å². The number of likely N-dealkylation sites (N-methyl/N-ethyl adjacent to an activating group) is 1. The number of halogens is 1. The Morgan fingerprint density at radius 2 is 2.19 bits per heavy atom. The Balaban J connectivity index is 2.52. The van der Waals surface area contributed by atoms with Gasteiger partial charge in [0.25, 0.3) is 5.91 Å². The number of amides is 1. The summed E-state index contributed by atoms with van der Waals surface area (Å²) in [5.41, 5.74) is 0. The minimum absolute atomic E-state index is 0.00685. The Labute approximate surface area is 100 Å². The van der Waals surface area contributed by atoms with Crippen molar-refractivity contribution in [1.29, 1.82) is 0 Å². The molecule has 1 aromatic rings. The highest BCUT2D eigenvalue weighted by Crippen LogP contribution is 2.20. The van der Waals surface area contributed by atoms with Gasteiger partial charge >= 0.3 is 0 Å². The lowest BCUT2D eigenvalue weighted by molar-refractivity contribution is -0.132. The molecular weight excluding hydrogens is 228 g/mol. The van der Waals surface area contributed by atoms with Crippen molar-refractivity contribution in [3.05, 3.63) is 23.5 Å². The number of ether oxygens (including phenoxy) is 1. The number of hydrogen-bond acceptors (Lipinski definition) is 3. The molecule has 0 N–H and O–H groups in total. The van der Waals surface area contributed by atoms with Crippen molar-refractivity contribution in [2.45, 2.75) is 13.8 Å². The van der Waals surface area contributed by atoms with Crippen LogP contribution in [0.25, 0.3) is 0 Å². The van der Waals surface area contributed by atoms with E-state index in [4.69, 9.17) is 16.3 Å². The lowest BCUT2D eigenvalue weighted by Crippen LogP contribution is -2.34. The Morgan fingerprint density at radius 3 is 2.75 bits per heavy atom. The van der Waals surface area contributed by atoms with Gasteiger partial charge in [0, 0.05) is 19.3 Å². The summed E-state index contributed by atoms with van der Waals surface area (Å²) in [6.45, 7) is 5.21. The quantitative estimate of drug-likeness (QED) is 0.742. The number of aromatic nitrogens is 1. The van der Waals surface area contributed by atoms with Crippen molar-refractivity contribution in [1.82, 2.24) is 9.88 Å². The summed E-state index contributed by atoms with van der Waals surface area (Å²) in [6.07, 6.45) is 1.57. The number of nitrogens with zero attached hydrogens (tertiary/aromatic N) is 2. The second kappa shape index (κ2) is 6.33. The van der Waals surface area contributed by atoms with E-state index in [1.807, 2.05) is 13.8 Å². The lowest BCUT2D eigenvalue weighted by atomic mass is 10.4. The molecule has 5 heteroatoms. The molecule has 1 heterocycles. The summed E-state index contributed by atoms with van der Waals surface area (Å²) in [5.74, 6) is 0.384. The molecule has 0 aliphatic rings. The first-order chi connectivity index (χ1) is 7.69. The van der Waals surface area contributed by atoms with E-state index >= 15 is 0 Å². The Kier molecular flexibility index (Phi) is 5.05. The summed E-state index contributed by atoms with van der Waals surface area (Å²) in [4.78, 5) is 17.2. The largest absolute Gasteiger partial charge is 0.481 e. The Morgan fingerprint density at radius 1 is 1.50 bits per heavy atom. The molecule has 1 aromatic heterocycles. The first-order valence-electron chi connectivity index (χ1n) is 5.20. The van der Waals surface area contributed by atoms with Crippen LogP contribution in [0.1, 0.15) is 13.8 Å². The number of carbonyl (C=O) groups excluding carboxylic acids is 1. The van der Waals surface area contributed by atoms with Crippen LogP contribution < -0.4 is 4.74 Å². The average Bonchev–Trinajstić information content (AvgIpc) is 2.29. The molecule has 0 fully saturated rings. The Hall–Kier alpha value is -1.29. The van der Waals surface area contributed by atoms with Crippen LogP contribution in [0.3, 0.4) is 0 Å². The molecule has 0 saturated heterocycles. The molecule has 0 radical (unpaired) electrons. The van der Waals surface area contributed by atoms with Crippen LogP contribution in [0.5, 0.6) is 5.75 Å². The van der Waals surface area contributed by atoms with Gasteiger partial charge in [0.15, 0.2) is 17.5 Å². The first-order valence-corrected chi connectivity index (χ1v) is 5.57. The number of pyridine rings is 1. The van der Waals surface area contributed by atoms with Gasteiger partial charge in [-0.15, -0.1) is 0 Å². The fourth-order valence-corrected chi connectivity index (χ4v) is 1.46. The second-order valence-corrected chi connectivity index (χ2v) is 3.51. The molecule has 0 saturated carbocycles. The number of rotatable bonds is 5. The maximum atomic E-state index is 11.6. The minimum atomic E-state index is -0.0510. The van der Waals surface area contributed by atoms with Crippen LogP contribution >= 0.6 is 11.6 Å². The summed E-state index contributed by atoms with van der Waals surface area (Å²) < 4.78 is 5.30. The van der Waals surface area contributed by atoms with Gasteiger partial charge in [0.2, 0.25) is 0 Å². The van der Waals surface area contributed by atoms with Gasteiger partial charge in [-0.05, 0) is 26.0 Å². The summed E-state index contributed by atoms with van der Waals surface area (Å²) >= 11 is 5.79. The van der Waals surface area contributed by atoms with Gasteiger partial charge in [-0.25, -0.2) is 4.98 Å². The molecule has 0 spiro atoms. The zero-order chi connectivity index (χ0) is 12.0. The van der Waals surface area contributed by atoms with Gasteiger partial charge in [-0.1, -0.05) is 11.6 Å². The SMILES string of the molecule is CCN(CC)C(=O)COc1cccnc1Cl. The second-order valence-electron chi connectivity index (χ2n) is 3.15. The summed E-state index contributed by atoms with van der Waals surface area (Å²) in [7, 11) is 0. The Bertz CT molecular complexity index is 354. The molecular formula is C11H15ClN2O2. The van der Waals surface area contributed by atoms with Crippen LogP contribution in [0.2, 0.25) is 5.15 Å². The minimum Gasteiger partial charge on any atom is -0.481 e. The number of carbonyl (C=O) groups is 1. The van der Waals surface area contributed by atoms with Gasteiger partial charge in [0.05, 0.1) is 0 Å². The van der Waals surface area contributed by atoms with E-state index in [9.17, 15) is 4.79 Å². The van der Waals surface area contributed by atoms with Crippen molar-refractivity contribution < 1.29 is 9.53 Å². The van der Waals surface area contributed by atoms with E-state index < -0.39 is 0 Å². The van der Waals surface area contributed by atoms with Crippen molar-refractivity contribution in [2.75, 3.05) is 19.7 Å².